The van der Waals surface area contributed by atoms with Crippen LogP contribution in [0.5, 0.6) is 0 Å². The van der Waals surface area contributed by atoms with Gasteiger partial charge in [-0.2, -0.15) is 0 Å². The number of anilines is 1. The molecule has 2 amide bonds. The second-order valence-electron chi connectivity index (χ2n) is 7.26. The van der Waals surface area contributed by atoms with Gasteiger partial charge < -0.3 is 10.2 Å². The molecular formula is C19H25ClN2O4S. The van der Waals surface area contributed by atoms with Crippen LogP contribution in [0.2, 0.25) is 5.02 Å². The smallest absolute Gasteiger partial charge is 0.256 e. The molecule has 2 fully saturated rings. The molecule has 1 heterocycles. The van der Waals surface area contributed by atoms with Gasteiger partial charge in [-0.05, 0) is 43.9 Å². The molecule has 0 spiro atoms. The Morgan fingerprint density at radius 3 is 2.44 bits per heavy atom. The summed E-state index contributed by atoms with van der Waals surface area (Å²) in [4.78, 5) is 26.8. The van der Waals surface area contributed by atoms with Crippen LogP contribution in [0.25, 0.3) is 0 Å². The van der Waals surface area contributed by atoms with E-state index in [9.17, 15) is 18.0 Å². The molecule has 148 valence electrons. The number of carbonyl (C=O) groups excluding carboxylic acids is 2. The number of hydrogen-bond acceptors (Lipinski definition) is 4. The van der Waals surface area contributed by atoms with Gasteiger partial charge in [0.15, 0.2) is 9.84 Å². The predicted molar refractivity (Wildman–Crippen MR) is 106 cm³/mol. The lowest BCUT2D eigenvalue weighted by Crippen LogP contribution is -2.29. The lowest BCUT2D eigenvalue weighted by molar-refractivity contribution is -0.115. The number of benzene rings is 1. The first-order valence-corrected chi connectivity index (χ1v) is 11.6. The van der Waals surface area contributed by atoms with Crippen molar-refractivity contribution >= 4 is 38.9 Å². The van der Waals surface area contributed by atoms with E-state index < -0.39 is 15.7 Å². The van der Waals surface area contributed by atoms with Gasteiger partial charge in [0, 0.05) is 24.5 Å². The molecule has 0 atom stereocenters. The molecule has 0 unspecified atom stereocenters. The lowest BCUT2D eigenvalue weighted by atomic mass is 10.1. The van der Waals surface area contributed by atoms with Gasteiger partial charge in [-0.1, -0.05) is 24.4 Å². The van der Waals surface area contributed by atoms with E-state index in [1.165, 1.54) is 0 Å². The molecule has 2 aliphatic rings. The Kier molecular flexibility index (Phi) is 6.42. The van der Waals surface area contributed by atoms with Crippen LogP contribution in [0.3, 0.4) is 0 Å². The third kappa shape index (κ3) is 5.02. The van der Waals surface area contributed by atoms with E-state index in [-0.39, 0.29) is 23.3 Å². The SMILES string of the molecule is O=C(CCS(=O)(=O)C1CCCC1)Nc1ccc(Cl)cc1C(=O)N1CCCC1. The average Bonchev–Trinajstić information content (AvgIpc) is 3.35. The summed E-state index contributed by atoms with van der Waals surface area (Å²) in [5.74, 6) is -0.731. The molecule has 1 aromatic rings. The third-order valence-corrected chi connectivity index (χ3v) is 7.80. The highest BCUT2D eigenvalue weighted by molar-refractivity contribution is 7.92. The van der Waals surface area contributed by atoms with E-state index >= 15 is 0 Å². The van der Waals surface area contributed by atoms with Crippen molar-refractivity contribution in [2.24, 2.45) is 0 Å². The number of halogens is 1. The van der Waals surface area contributed by atoms with E-state index in [1.807, 2.05) is 0 Å². The van der Waals surface area contributed by atoms with Crippen LogP contribution >= 0.6 is 11.6 Å². The summed E-state index contributed by atoms with van der Waals surface area (Å²) in [5.41, 5.74) is 0.718. The van der Waals surface area contributed by atoms with E-state index in [4.69, 9.17) is 11.6 Å². The molecule has 1 saturated heterocycles. The van der Waals surface area contributed by atoms with Gasteiger partial charge >= 0.3 is 0 Å². The Morgan fingerprint density at radius 2 is 1.78 bits per heavy atom. The van der Waals surface area contributed by atoms with Crippen molar-refractivity contribution in [3.8, 4) is 0 Å². The number of rotatable bonds is 6. The number of likely N-dealkylation sites (tertiary alicyclic amines) is 1. The van der Waals surface area contributed by atoms with E-state index in [2.05, 4.69) is 5.32 Å². The van der Waals surface area contributed by atoms with Crippen molar-refractivity contribution in [2.75, 3.05) is 24.2 Å². The summed E-state index contributed by atoms with van der Waals surface area (Å²) < 4.78 is 24.7. The predicted octanol–water partition coefficient (Wildman–Crippen LogP) is 3.26. The summed E-state index contributed by atoms with van der Waals surface area (Å²) in [6, 6.07) is 4.75. The molecule has 27 heavy (non-hydrogen) atoms. The number of nitrogens with one attached hydrogen (secondary N) is 1. The average molecular weight is 413 g/mol. The minimum Gasteiger partial charge on any atom is -0.339 e. The fourth-order valence-electron chi connectivity index (χ4n) is 3.75. The second kappa shape index (κ2) is 8.61. The Bertz CT molecular complexity index is 813. The zero-order chi connectivity index (χ0) is 19.4. The molecule has 3 rings (SSSR count). The van der Waals surface area contributed by atoms with Gasteiger partial charge in [0.1, 0.15) is 0 Å². The Balaban J connectivity index is 1.66. The number of hydrogen-bond donors (Lipinski definition) is 1. The normalized spacial score (nSPS) is 18.0. The molecule has 0 aromatic heterocycles. The van der Waals surface area contributed by atoms with Gasteiger partial charge in [-0.3, -0.25) is 9.59 Å². The Hall–Kier alpha value is -1.60. The van der Waals surface area contributed by atoms with Crippen LogP contribution in [-0.4, -0.2) is 49.2 Å². The summed E-state index contributed by atoms with van der Waals surface area (Å²) >= 11 is 6.04. The van der Waals surface area contributed by atoms with Crippen molar-refractivity contribution in [1.82, 2.24) is 4.90 Å². The maximum Gasteiger partial charge on any atom is 0.256 e. The van der Waals surface area contributed by atoms with Crippen LogP contribution in [0.1, 0.15) is 55.3 Å². The highest BCUT2D eigenvalue weighted by Crippen LogP contribution is 2.26. The first-order chi connectivity index (χ1) is 12.9. The summed E-state index contributed by atoms with van der Waals surface area (Å²) in [6.07, 6.45) is 5.07. The summed E-state index contributed by atoms with van der Waals surface area (Å²) in [6.45, 7) is 1.39. The molecule has 8 heteroatoms. The summed E-state index contributed by atoms with van der Waals surface area (Å²) in [7, 11) is -3.25. The lowest BCUT2D eigenvalue weighted by Gasteiger charge is -2.18. The van der Waals surface area contributed by atoms with Crippen LogP contribution in [0.15, 0.2) is 18.2 Å². The molecule has 1 aliphatic carbocycles. The van der Waals surface area contributed by atoms with Crippen LogP contribution in [0, 0.1) is 0 Å². The fourth-order valence-corrected chi connectivity index (χ4v) is 5.78. The van der Waals surface area contributed by atoms with Gasteiger partial charge in [0.05, 0.1) is 22.3 Å². The molecule has 1 saturated carbocycles. The number of nitrogens with zero attached hydrogens (tertiary/aromatic N) is 1. The van der Waals surface area contributed by atoms with Gasteiger partial charge in [0.2, 0.25) is 5.91 Å². The summed E-state index contributed by atoms with van der Waals surface area (Å²) in [5, 5.41) is 2.80. The Labute approximate surface area is 165 Å². The maximum absolute atomic E-state index is 12.7. The minimum absolute atomic E-state index is 0.112. The van der Waals surface area contributed by atoms with Crippen molar-refractivity contribution in [1.29, 1.82) is 0 Å². The first kappa shape index (κ1) is 20.1. The standard InChI is InChI=1S/C19H25ClN2O4S/c20-14-7-8-17(16(13-14)19(24)22-10-3-4-11-22)21-18(23)9-12-27(25,26)15-5-1-2-6-15/h7-8,13,15H,1-6,9-12H2,(H,21,23). The minimum atomic E-state index is -3.25. The second-order valence-corrected chi connectivity index (χ2v) is 10.1. The quantitative estimate of drug-likeness (QED) is 0.777. The Morgan fingerprint density at radius 1 is 1.11 bits per heavy atom. The van der Waals surface area contributed by atoms with Crippen molar-refractivity contribution in [3.05, 3.63) is 28.8 Å². The third-order valence-electron chi connectivity index (χ3n) is 5.30. The zero-order valence-corrected chi connectivity index (χ0v) is 16.8. The van der Waals surface area contributed by atoms with Crippen LogP contribution in [-0.2, 0) is 14.6 Å². The van der Waals surface area contributed by atoms with Gasteiger partial charge in [-0.15, -0.1) is 0 Å². The van der Waals surface area contributed by atoms with Gasteiger partial charge in [-0.25, -0.2) is 8.42 Å². The first-order valence-electron chi connectivity index (χ1n) is 9.47. The van der Waals surface area contributed by atoms with Crippen LogP contribution in [0.4, 0.5) is 5.69 Å². The topological polar surface area (TPSA) is 83.5 Å². The van der Waals surface area contributed by atoms with Crippen molar-refractivity contribution in [3.63, 3.8) is 0 Å². The van der Waals surface area contributed by atoms with Crippen molar-refractivity contribution < 1.29 is 18.0 Å². The van der Waals surface area contributed by atoms with E-state index in [1.54, 1.807) is 23.1 Å². The molecular weight excluding hydrogens is 388 g/mol. The largest absolute Gasteiger partial charge is 0.339 e. The van der Waals surface area contributed by atoms with E-state index in [0.29, 0.717) is 42.2 Å². The molecule has 0 radical (unpaired) electrons. The highest BCUT2D eigenvalue weighted by Gasteiger charge is 2.29. The highest BCUT2D eigenvalue weighted by atomic mass is 35.5. The number of carbonyl (C=O) groups is 2. The molecule has 0 bridgehead atoms. The zero-order valence-electron chi connectivity index (χ0n) is 15.2. The van der Waals surface area contributed by atoms with E-state index in [0.717, 1.165) is 25.7 Å². The van der Waals surface area contributed by atoms with Gasteiger partial charge in [0.25, 0.3) is 5.91 Å². The molecule has 1 N–H and O–H groups in total. The fraction of sp³-hybridized carbons (Fsp3) is 0.579. The van der Waals surface area contributed by atoms with Crippen molar-refractivity contribution in [2.45, 2.75) is 50.2 Å². The number of sulfone groups is 1. The molecule has 6 nitrogen and oxygen atoms in total. The number of amides is 2. The molecule has 1 aromatic carbocycles. The van der Waals surface area contributed by atoms with Crippen LogP contribution < -0.4 is 5.32 Å². The molecule has 1 aliphatic heterocycles. The monoisotopic (exact) mass is 412 g/mol. The maximum atomic E-state index is 12.7.